The molecule has 0 amide bonds. The van der Waals surface area contributed by atoms with Gasteiger partial charge in [0.2, 0.25) is 0 Å². The summed E-state index contributed by atoms with van der Waals surface area (Å²) >= 11 is 0. The first-order chi connectivity index (χ1) is 12.2. The van der Waals surface area contributed by atoms with Gasteiger partial charge in [0.25, 0.3) is 0 Å². The highest BCUT2D eigenvalue weighted by atomic mass is 35.5. The van der Waals surface area contributed by atoms with Gasteiger partial charge in [0.1, 0.15) is 12.4 Å². The Balaban J connectivity index is 0.00000243. The van der Waals surface area contributed by atoms with E-state index in [-0.39, 0.29) is 18.2 Å². The van der Waals surface area contributed by atoms with E-state index in [0.29, 0.717) is 24.3 Å². The van der Waals surface area contributed by atoms with Crippen LogP contribution in [0.2, 0.25) is 0 Å². The summed E-state index contributed by atoms with van der Waals surface area (Å²) in [7, 11) is 0. The predicted molar refractivity (Wildman–Crippen MR) is 108 cm³/mol. The number of hydrogen-bond donors (Lipinski definition) is 0. The van der Waals surface area contributed by atoms with Gasteiger partial charge in [0.05, 0.1) is 0 Å². The molecule has 1 heterocycles. The van der Waals surface area contributed by atoms with Crippen LogP contribution in [-0.4, -0.2) is 30.3 Å². The Morgan fingerprint density at radius 2 is 1.62 bits per heavy atom. The molecule has 1 aliphatic rings. The summed E-state index contributed by atoms with van der Waals surface area (Å²) in [6, 6.07) is 17.4. The van der Waals surface area contributed by atoms with Crippen molar-refractivity contribution in [3.8, 4) is 5.75 Å². The zero-order valence-electron chi connectivity index (χ0n) is 15.0. The maximum absolute atomic E-state index is 12.5. The number of Topliss-reactive ketones (excluding diaryl/α,β-unsaturated/α-hetero) is 1. The molecule has 1 saturated heterocycles. The molecule has 4 heteroatoms. The average molecular weight is 372 g/mol. The van der Waals surface area contributed by atoms with Gasteiger partial charge in [-0.3, -0.25) is 9.69 Å². The van der Waals surface area contributed by atoms with E-state index in [4.69, 9.17) is 4.74 Å². The Morgan fingerprint density at radius 3 is 2.27 bits per heavy atom. The number of likely N-dealkylation sites (tertiary alicyclic amines) is 1. The molecule has 3 rings (SSSR count). The van der Waals surface area contributed by atoms with Crippen LogP contribution in [0.5, 0.6) is 5.75 Å². The summed E-state index contributed by atoms with van der Waals surface area (Å²) < 4.78 is 5.77. The summed E-state index contributed by atoms with van der Waals surface area (Å²) in [5, 5.41) is 0. The Labute approximate surface area is 162 Å². The van der Waals surface area contributed by atoms with Crippen molar-refractivity contribution >= 4 is 18.2 Å². The summed E-state index contributed by atoms with van der Waals surface area (Å²) in [4.78, 5) is 14.9. The van der Waals surface area contributed by atoms with Crippen LogP contribution in [0.15, 0.2) is 66.7 Å². The van der Waals surface area contributed by atoms with Crippen LogP contribution < -0.4 is 4.74 Å². The van der Waals surface area contributed by atoms with Crippen LogP contribution in [0.4, 0.5) is 0 Å². The third kappa shape index (κ3) is 5.72. The van der Waals surface area contributed by atoms with Gasteiger partial charge in [-0.15, -0.1) is 12.4 Å². The second-order valence-electron chi connectivity index (χ2n) is 6.57. The van der Waals surface area contributed by atoms with Crippen molar-refractivity contribution in [2.75, 3.05) is 19.6 Å². The summed E-state index contributed by atoms with van der Waals surface area (Å²) in [5.41, 5.74) is 2.46. The number of ether oxygens (including phenoxy) is 1. The second kappa shape index (κ2) is 10.1. The molecule has 0 N–H and O–H groups in total. The molecule has 0 unspecified atom stereocenters. The fourth-order valence-electron chi connectivity index (χ4n) is 3.11. The number of nitrogens with zero attached hydrogens (tertiary/aromatic N) is 1. The average Bonchev–Trinajstić information content (AvgIpc) is 2.68. The molecule has 1 fully saturated rings. The van der Waals surface area contributed by atoms with Gasteiger partial charge < -0.3 is 4.74 Å². The monoisotopic (exact) mass is 371 g/mol. The lowest BCUT2D eigenvalue weighted by molar-refractivity contribution is 0.102. The molecule has 0 radical (unpaired) electrons. The second-order valence-corrected chi connectivity index (χ2v) is 6.57. The molecule has 0 atom stereocenters. The van der Waals surface area contributed by atoms with Crippen LogP contribution in [0.25, 0.3) is 0 Å². The van der Waals surface area contributed by atoms with Crippen LogP contribution in [-0.2, 0) is 6.61 Å². The zero-order valence-corrected chi connectivity index (χ0v) is 15.8. The van der Waals surface area contributed by atoms with Crippen molar-refractivity contribution in [2.24, 2.45) is 0 Å². The SMILES string of the molecule is C=C(CN1CCCCC1)C(=O)c1ccc(OCc2ccccc2)cc1.Cl. The minimum atomic E-state index is 0. The number of benzene rings is 2. The largest absolute Gasteiger partial charge is 0.489 e. The van der Waals surface area contributed by atoms with Crippen LogP contribution >= 0.6 is 12.4 Å². The smallest absolute Gasteiger partial charge is 0.189 e. The molecule has 2 aromatic rings. The first-order valence-corrected chi connectivity index (χ1v) is 8.94. The minimum Gasteiger partial charge on any atom is -0.489 e. The molecular formula is C22H26ClNO2. The number of carbonyl (C=O) groups is 1. The molecule has 2 aromatic carbocycles. The number of rotatable bonds is 7. The molecule has 1 aliphatic heterocycles. The summed E-state index contributed by atoms with van der Waals surface area (Å²) in [5.74, 6) is 0.794. The lowest BCUT2D eigenvalue weighted by Crippen LogP contribution is -2.32. The molecule has 0 spiro atoms. The van der Waals surface area contributed by atoms with Crippen molar-refractivity contribution in [1.82, 2.24) is 4.90 Å². The molecule has 0 saturated carbocycles. The van der Waals surface area contributed by atoms with Gasteiger partial charge in [0, 0.05) is 17.7 Å². The molecule has 0 aromatic heterocycles. The molecular weight excluding hydrogens is 346 g/mol. The fourth-order valence-corrected chi connectivity index (χ4v) is 3.11. The van der Waals surface area contributed by atoms with Gasteiger partial charge in [0.15, 0.2) is 5.78 Å². The van der Waals surface area contributed by atoms with E-state index in [0.717, 1.165) is 24.4 Å². The van der Waals surface area contributed by atoms with Crippen LogP contribution in [0.3, 0.4) is 0 Å². The zero-order chi connectivity index (χ0) is 17.5. The summed E-state index contributed by atoms with van der Waals surface area (Å²) in [6.45, 7) is 7.33. The number of ketones is 1. The quantitative estimate of drug-likeness (QED) is 0.511. The Bertz CT molecular complexity index is 707. The van der Waals surface area contributed by atoms with Crippen molar-refractivity contribution in [3.63, 3.8) is 0 Å². The highest BCUT2D eigenvalue weighted by Gasteiger charge is 2.16. The Kier molecular flexibility index (Phi) is 7.89. The first-order valence-electron chi connectivity index (χ1n) is 8.94. The maximum atomic E-state index is 12.5. The normalized spacial score (nSPS) is 14.3. The number of piperidine rings is 1. The molecule has 3 nitrogen and oxygen atoms in total. The van der Waals surface area contributed by atoms with E-state index < -0.39 is 0 Å². The van der Waals surface area contributed by atoms with Crippen molar-refractivity contribution in [1.29, 1.82) is 0 Å². The molecule has 0 bridgehead atoms. The van der Waals surface area contributed by atoms with E-state index in [1.807, 2.05) is 54.6 Å². The third-order valence-corrected chi connectivity index (χ3v) is 4.55. The molecule has 0 aliphatic carbocycles. The van der Waals surface area contributed by atoms with E-state index in [1.54, 1.807) is 0 Å². The Morgan fingerprint density at radius 1 is 0.962 bits per heavy atom. The Hall–Kier alpha value is -2.10. The summed E-state index contributed by atoms with van der Waals surface area (Å²) in [6.07, 6.45) is 3.73. The van der Waals surface area contributed by atoms with Crippen LogP contribution in [0.1, 0.15) is 35.2 Å². The van der Waals surface area contributed by atoms with Gasteiger partial charge in [-0.25, -0.2) is 0 Å². The lowest BCUT2D eigenvalue weighted by Gasteiger charge is -2.26. The van der Waals surface area contributed by atoms with E-state index in [9.17, 15) is 4.79 Å². The van der Waals surface area contributed by atoms with Crippen molar-refractivity contribution < 1.29 is 9.53 Å². The number of halogens is 1. The molecule has 26 heavy (non-hydrogen) atoms. The highest BCUT2D eigenvalue weighted by molar-refractivity contribution is 6.08. The predicted octanol–water partition coefficient (Wildman–Crippen LogP) is 4.91. The lowest BCUT2D eigenvalue weighted by atomic mass is 10.0. The van der Waals surface area contributed by atoms with Crippen molar-refractivity contribution in [3.05, 3.63) is 77.9 Å². The third-order valence-electron chi connectivity index (χ3n) is 4.55. The van der Waals surface area contributed by atoms with E-state index in [1.165, 1.54) is 19.3 Å². The number of hydrogen-bond acceptors (Lipinski definition) is 3. The topological polar surface area (TPSA) is 29.5 Å². The fraction of sp³-hybridized carbons (Fsp3) is 0.318. The van der Waals surface area contributed by atoms with Gasteiger partial charge in [-0.2, -0.15) is 0 Å². The van der Waals surface area contributed by atoms with Gasteiger partial charge in [-0.1, -0.05) is 43.3 Å². The standard InChI is InChI=1S/C22H25NO2.ClH/c1-18(16-23-14-6-3-7-15-23)22(24)20-10-12-21(13-11-20)25-17-19-8-4-2-5-9-19;/h2,4-5,8-13H,1,3,6-7,14-17H2;1H. The maximum Gasteiger partial charge on any atom is 0.189 e. The van der Waals surface area contributed by atoms with Gasteiger partial charge in [-0.05, 0) is 55.8 Å². The number of carbonyl (C=O) groups excluding carboxylic acids is 1. The van der Waals surface area contributed by atoms with Crippen LogP contribution in [0, 0.1) is 0 Å². The van der Waals surface area contributed by atoms with E-state index >= 15 is 0 Å². The highest BCUT2D eigenvalue weighted by Crippen LogP contribution is 2.17. The van der Waals surface area contributed by atoms with E-state index in [2.05, 4.69) is 11.5 Å². The first kappa shape index (κ1) is 20.2. The molecule has 138 valence electrons. The van der Waals surface area contributed by atoms with Crippen molar-refractivity contribution in [2.45, 2.75) is 25.9 Å². The van der Waals surface area contributed by atoms with Gasteiger partial charge >= 0.3 is 0 Å². The minimum absolute atomic E-state index is 0.